The Morgan fingerprint density at radius 1 is 1.31 bits per heavy atom. The molecule has 0 rings (SSSR count). The molecule has 0 fully saturated rings. The van der Waals surface area contributed by atoms with Crippen LogP contribution in [0.2, 0.25) is 0 Å². The first kappa shape index (κ1) is 15.4. The molecule has 1 heteroatoms. The van der Waals surface area contributed by atoms with Crippen molar-refractivity contribution in [3.8, 4) is 0 Å². The molecule has 0 aliphatic carbocycles. The van der Waals surface area contributed by atoms with E-state index in [2.05, 4.69) is 46.8 Å². The van der Waals surface area contributed by atoms with Gasteiger partial charge in [0.2, 0.25) is 0 Å². The predicted octanol–water partition coefficient (Wildman–Crippen LogP) is 4.62. The normalized spacial score (nSPS) is 17.7. The summed E-state index contributed by atoms with van der Waals surface area (Å²) in [4.78, 5) is 11.7. The molecule has 0 spiro atoms. The molecule has 2 atom stereocenters. The summed E-state index contributed by atoms with van der Waals surface area (Å²) in [5.41, 5.74) is -0.260. The Hall–Kier alpha value is -0.590. The van der Waals surface area contributed by atoms with Crippen molar-refractivity contribution in [1.29, 1.82) is 0 Å². The van der Waals surface area contributed by atoms with Crippen LogP contribution in [0.5, 0.6) is 0 Å². The van der Waals surface area contributed by atoms with Gasteiger partial charge < -0.3 is 0 Å². The first-order chi connectivity index (χ1) is 7.31. The number of Topliss-reactive ketones (excluding diaryl/α,β-unsaturated/α-hetero) is 1. The SMILES string of the molecule is CCC=CC(C)(CC(C)CC(C)C)C(C)=O. The third-order valence-corrected chi connectivity index (χ3v) is 3.17. The van der Waals surface area contributed by atoms with E-state index in [0.717, 1.165) is 12.8 Å². The molecule has 0 N–H and O–H groups in total. The van der Waals surface area contributed by atoms with Crippen LogP contribution in [0, 0.1) is 17.3 Å². The number of allylic oxidation sites excluding steroid dienone is 2. The van der Waals surface area contributed by atoms with Gasteiger partial charge in [0.05, 0.1) is 0 Å². The Balaban J connectivity index is 4.55. The quantitative estimate of drug-likeness (QED) is 0.577. The second-order valence-electron chi connectivity index (χ2n) is 5.72. The second kappa shape index (κ2) is 6.88. The highest BCUT2D eigenvalue weighted by atomic mass is 16.1. The van der Waals surface area contributed by atoms with Gasteiger partial charge in [-0.2, -0.15) is 0 Å². The van der Waals surface area contributed by atoms with Gasteiger partial charge in [-0.15, -0.1) is 0 Å². The maximum Gasteiger partial charge on any atom is 0.139 e. The summed E-state index contributed by atoms with van der Waals surface area (Å²) in [6.45, 7) is 12.6. The highest BCUT2D eigenvalue weighted by Crippen LogP contribution is 2.31. The minimum atomic E-state index is -0.260. The van der Waals surface area contributed by atoms with Crippen LogP contribution in [0.3, 0.4) is 0 Å². The summed E-state index contributed by atoms with van der Waals surface area (Å²) < 4.78 is 0. The van der Waals surface area contributed by atoms with E-state index in [0.29, 0.717) is 11.8 Å². The van der Waals surface area contributed by atoms with Gasteiger partial charge in [0.15, 0.2) is 0 Å². The zero-order chi connectivity index (χ0) is 12.8. The number of hydrogen-bond donors (Lipinski definition) is 0. The Morgan fingerprint density at radius 3 is 2.25 bits per heavy atom. The number of carbonyl (C=O) groups is 1. The second-order valence-corrected chi connectivity index (χ2v) is 5.72. The van der Waals surface area contributed by atoms with Crippen molar-refractivity contribution in [3.63, 3.8) is 0 Å². The third kappa shape index (κ3) is 5.48. The highest BCUT2D eigenvalue weighted by Gasteiger charge is 2.28. The van der Waals surface area contributed by atoms with Crippen LogP contribution in [-0.2, 0) is 4.79 Å². The maximum absolute atomic E-state index is 11.7. The van der Waals surface area contributed by atoms with Gasteiger partial charge in [-0.3, -0.25) is 4.79 Å². The highest BCUT2D eigenvalue weighted by molar-refractivity contribution is 5.83. The topological polar surface area (TPSA) is 17.1 Å². The van der Waals surface area contributed by atoms with E-state index in [1.165, 1.54) is 6.42 Å². The van der Waals surface area contributed by atoms with Crippen molar-refractivity contribution in [3.05, 3.63) is 12.2 Å². The molecular formula is C15H28O. The van der Waals surface area contributed by atoms with E-state index in [4.69, 9.17) is 0 Å². The minimum Gasteiger partial charge on any atom is -0.299 e. The Labute approximate surface area is 101 Å². The first-order valence-corrected chi connectivity index (χ1v) is 6.50. The molecule has 0 aliphatic rings. The van der Waals surface area contributed by atoms with Crippen molar-refractivity contribution >= 4 is 5.78 Å². The zero-order valence-electron chi connectivity index (χ0n) is 11.8. The van der Waals surface area contributed by atoms with E-state index < -0.39 is 0 Å². The third-order valence-electron chi connectivity index (χ3n) is 3.17. The fourth-order valence-electron chi connectivity index (χ4n) is 2.32. The average molecular weight is 224 g/mol. The molecule has 16 heavy (non-hydrogen) atoms. The van der Waals surface area contributed by atoms with Crippen molar-refractivity contribution in [2.75, 3.05) is 0 Å². The van der Waals surface area contributed by atoms with Gasteiger partial charge >= 0.3 is 0 Å². The van der Waals surface area contributed by atoms with Crippen LogP contribution >= 0.6 is 0 Å². The van der Waals surface area contributed by atoms with Gasteiger partial charge in [0.25, 0.3) is 0 Å². The molecule has 0 aromatic rings. The van der Waals surface area contributed by atoms with Gasteiger partial charge in [-0.25, -0.2) is 0 Å². The monoisotopic (exact) mass is 224 g/mol. The van der Waals surface area contributed by atoms with E-state index in [1.807, 2.05) is 0 Å². The standard InChI is InChI=1S/C15H28O/c1-7-8-9-15(6,14(5)16)11-13(4)10-12(2)3/h8-9,12-13H,7,10-11H2,1-6H3. The lowest BCUT2D eigenvalue weighted by Gasteiger charge is -2.27. The molecule has 0 saturated heterocycles. The van der Waals surface area contributed by atoms with Gasteiger partial charge in [-0.1, -0.05) is 39.8 Å². The average Bonchev–Trinajstić information content (AvgIpc) is 2.12. The van der Waals surface area contributed by atoms with Gasteiger partial charge in [0, 0.05) is 5.41 Å². The van der Waals surface area contributed by atoms with Crippen LogP contribution in [0.25, 0.3) is 0 Å². The zero-order valence-corrected chi connectivity index (χ0v) is 11.8. The van der Waals surface area contributed by atoms with Crippen molar-refractivity contribution in [1.82, 2.24) is 0 Å². The molecular weight excluding hydrogens is 196 g/mol. The summed E-state index contributed by atoms with van der Waals surface area (Å²) in [7, 11) is 0. The molecule has 0 aromatic carbocycles. The van der Waals surface area contributed by atoms with E-state index in [1.54, 1.807) is 6.92 Å². The molecule has 2 unspecified atom stereocenters. The lowest BCUT2D eigenvalue weighted by atomic mass is 9.76. The number of carbonyl (C=O) groups excluding carboxylic acids is 1. The Morgan fingerprint density at radius 2 is 1.88 bits per heavy atom. The summed E-state index contributed by atoms with van der Waals surface area (Å²) in [6.07, 6.45) is 7.39. The summed E-state index contributed by atoms with van der Waals surface area (Å²) in [6, 6.07) is 0. The predicted molar refractivity (Wildman–Crippen MR) is 71.5 cm³/mol. The fourth-order valence-corrected chi connectivity index (χ4v) is 2.32. The lowest BCUT2D eigenvalue weighted by Crippen LogP contribution is -2.26. The number of rotatable bonds is 7. The van der Waals surface area contributed by atoms with Gasteiger partial charge in [0.1, 0.15) is 5.78 Å². The largest absolute Gasteiger partial charge is 0.299 e. The Kier molecular flexibility index (Phi) is 6.62. The summed E-state index contributed by atoms with van der Waals surface area (Å²) >= 11 is 0. The smallest absolute Gasteiger partial charge is 0.139 e. The van der Waals surface area contributed by atoms with Crippen LogP contribution in [-0.4, -0.2) is 5.78 Å². The first-order valence-electron chi connectivity index (χ1n) is 6.50. The lowest BCUT2D eigenvalue weighted by molar-refractivity contribution is -0.124. The summed E-state index contributed by atoms with van der Waals surface area (Å²) in [5, 5.41) is 0. The molecule has 0 aliphatic heterocycles. The minimum absolute atomic E-state index is 0.260. The van der Waals surface area contributed by atoms with Crippen LogP contribution in [0.1, 0.15) is 60.8 Å². The van der Waals surface area contributed by atoms with Gasteiger partial charge in [-0.05, 0) is 44.9 Å². The van der Waals surface area contributed by atoms with Crippen LogP contribution in [0.15, 0.2) is 12.2 Å². The van der Waals surface area contributed by atoms with E-state index in [9.17, 15) is 4.79 Å². The van der Waals surface area contributed by atoms with Crippen molar-refractivity contribution < 1.29 is 4.79 Å². The van der Waals surface area contributed by atoms with E-state index in [-0.39, 0.29) is 11.2 Å². The van der Waals surface area contributed by atoms with Crippen LogP contribution < -0.4 is 0 Å². The number of ketones is 1. The Bertz CT molecular complexity index is 240. The maximum atomic E-state index is 11.7. The van der Waals surface area contributed by atoms with Crippen molar-refractivity contribution in [2.45, 2.75) is 60.8 Å². The molecule has 0 bridgehead atoms. The molecule has 1 nitrogen and oxygen atoms in total. The fraction of sp³-hybridized carbons (Fsp3) is 0.800. The molecule has 0 aromatic heterocycles. The van der Waals surface area contributed by atoms with Crippen molar-refractivity contribution in [2.24, 2.45) is 17.3 Å². The number of hydrogen-bond acceptors (Lipinski definition) is 1. The molecule has 0 amide bonds. The molecule has 94 valence electrons. The van der Waals surface area contributed by atoms with Crippen LogP contribution in [0.4, 0.5) is 0 Å². The van der Waals surface area contributed by atoms with E-state index >= 15 is 0 Å². The molecule has 0 radical (unpaired) electrons. The molecule has 0 saturated carbocycles. The summed E-state index contributed by atoms with van der Waals surface area (Å²) in [5.74, 6) is 1.60. The molecule has 0 heterocycles.